The zero-order chi connectivity index (χ0) is 34.3. The van der Waals surface area contributed by atoms with Crippen molar-refractivity contribution in [2.75, 3.05) is 13.7 Å². The minimum absolute atomic E-state index is 0.0863. The molecule has 2 amide bonds. The Morgan fingerprint density at radius 2 is 1.30 bits per heavy atom. The first-order valence-corrected chi connectivity index (χ1v) is 14.6. The van der Waals surface area contributed by atoms with Gasteiger partial charge < -0.3 is 43.8 Å². The van der Waals surface area contributed by atoms with Crippen LogP contribution in [0.2, 0.25) is 0 Å². The third-order valence-electron chi connectivity index (χ3n) is 6.68. The fourth-order valence-electron chi connectivity index (χ4n) is 4.60. The van der Waals surface area contributed by atoms with Crippen molar-refractivity contribution in [2.24, 2.45) is 0 Å². The van der Waals surface area contributed by atoms with E-state index >= 15 is 0 Å². The molecule has 6 atom stereocenters. The van der Waals surface area contributed by atoms with Gasteiger partial charge in [-0.15, -0.1) is 0 Å². The maximum Gasteiger partial charge on any atom is 0.408 e. The van der Waals surface area contributed by atoms with Crippen molar-refractivity contribution in [3.8, 4) is 0 Å². The summed E-state index contributed by atoms with van der Waals surface area (Å²) in [5.74, 6) is -4.01. The number of rotatable bonds is 14. The number of esters is 4. The lowest BCUT2D eigenvalue weighted by Crippen LogP contribution is -2.68. The van der Waals surface area contributed by atoms with Crippen LogP contribution >= 0.6 is 0 Å². The largest absolute Gasteiger partial charge is 0.463 e. The molecule has 2 aromatic rings. The summed E-state index contributed by atoms with van der Waals surface area (Å²) in [4.78, 5) is 75.0. The lowest BCUT2D eigenvalue weighted by molar-refractivity contribution is -0.271. The standard InChI is InChI=1S/C32H38N2O13/c1-19(35)42-18-25-28(45-20(2)36)29(46-21(3)37)27(31(41-4)47-25)34-30(39)24(15-26(38)43-16-22-11-7-5-8-12-22)33-32(40)44-17-23-13-9-6-10-14-23/h5-14,24-25,27-29,31H,15-18H2,1-4H3,(H,33,40)(H,34,39)/t24-,25+,27+,28+,29+,31+/m0/s1. The third kappa shape index (κ3) is 12.0. The summed E-state index contributed by atoms with van der Waals surface area (Å²) in [7, 11) is 1.24. The second-order valence-electron chi connectivity index (χ2n) is 10.4. The highest BCUT2D eigenvalue weighted by Gasteiger charge is 2.51. The van der Waals surface area contributed by atoms with Crippen LogP contribution in [0.3, 0.4) is 0 Å². The summed E-state index contributed by atoms with van der Waals surface area (Å²) >= 11 is 0. The van der Waals surface area contributed by atoms with Gasteiger partial charge in [0.2, 0.25) is 5.91 Å². The highest BCUT2D eigenvalue weighted by atomic mass is 16.7. The van der Waals surface area contributed by atoms with Gasteiger partial charge in [0.1, 0.15) is 38.0 Å². The molecule has 0 radical (unpaired) electrons. The molecule has 0 saturated carbocycles. The molecule has 0 bridgehead atoms. The van der Waals surface area contributed by atoms with E-state index < -0.39 is 85.6 Å². The predicted octanol–water partition coefficient (Wildman–Crippen LogP) is 1.70. The Kier molecular flexibility index (Phi) is 14.1. The van der Waals surface area contributed by atoms with Gasteiger partial charge in [-0.1, -0.05) is 60.7 Å². The monoisotopic (exact) mass is 658 g/mol. The minimum Gasteiger partial charge on any atom is -0.463 e. The van der Waals surface area contributed by atoms with Crippen molar-refractivity contribution >= 4 is 35.9 Å². The number of hydrogen-bond acceptors (Lipinski definition) is 13. The quantitative estimate of drug-likeness (QED) is 0.220. The smallest absolute Gasteiger partial charge is 0.408 e. The molecule has 47 heavy (non-hydrogen) atoms. The van der Waals surface area contributed by atoms with E-state index in [1.165, 1.54) is 7.11 Å². The number of ether oxygens (including phenoxy) is 7. The summed E-state index contributed by atoms with van der Waals surface area (Å²) in [6.07, 6.45) is -6.93. The SMILES string of the molecule is CO[C@@H]1O[C@H](COC(C)=O)[C@@H](OC(C)=O)[C@H](OC(C)=O)[C@H]1NC(=O)[C@H](CC(=O)OCc1ccccc1)NC(=O)OCc1ccccc1. The van der Waals surface area contributed by atoms with Crippen LogP contribution in [0, 0.1) is 0 Å². The number of alkyl carbamates (subject to hydrolysis) is 1. The van der Waals surface area contributed by atoms with Gasteiger partial charge in [-0.3, -0.25) is 24.0 Å². The lowest BCUT2D eigenvalue weighted by atomic mass is 9.95. The third-order valence-corrected chi connectivity index (χ3v) is 6.68. The molecule has 1 saturated heterocycles. The van der Waals surface area contributed by atoms with Crippen LogP contribution in [0.5, 0.6) is 0 Å². The van der Waals surface area contributed by atoms with Gasteiger partial charge in [0.25, 0.3) is 0 Å². The average Bonchev–Trinajstić information content (AvgIpc) is 3.04. The zero-order valence-electron chi connectivity index (χ0n) is 26.4. The highest BCUT2D eigenvalue weighted by Crippen LogP contribution is 2.28. The number of carbonyl (C=O) groups is 6. The molecule has 0 aliphatic carbocycles. The number of amides is 2. The summed E-state index contributed by atoms with van der Waals surface area (Å²) < 4.78 is 37.7. The van der Waals surface area contributed by atoms with Gasteiger partial charge in [0, 0.05) is 27.9 Å². The molecule has 1 aliphatic heterocycles. The fraction of sp³-hybridized carbons (Fsp3) is 0.438. The second-order valence-corrected chi connectivity index (χ2v) is 10.4. The van der Waals surface area contributed by atoms with E-state index in [1.807, 2.05) is 0 Å². The Labute approximate surface area is 271 Å². The van der Waals surface area contributed by atoms with Gasteiger partial charge in [0.05, 0.1) is 6.42 Å². The van der Waals surface area contributed by atoms with E-state index in [-0.39, 0.29) is 13.2 Å². The first kappa shape index (κ1) is 36.4. The Morgan fingerprint density at radius 3 is 1.83 bits per heavy atom. The van der Waals surface area contributed by atoms with Gasteiger partial charge >= 0.3 is 30.0 Å². The number of benzene rings is 2. The maximum atomic E-state index is 13.7. The van der Waals surface area contributed by atoms with Gasteiger partial charge in [-0.2, -0.15) is 0 Å². The van der Waals surface area contributed by atoms with Crippen molar-refractivity contribution in [3.63, 3.8) is 0 Å². The Hall–Kier alpha value is -5.02. The van der Waals surface area contributed by atoms with Crippen LogP contribution in [0.25, 0.3) is 0 Å². The first-order chi connectivity index (χ1) is 22.5. The van der Waals surface area contributed by atoms with Crippen LogP contribution in [0.1, 0.15) is 38.3 Å². The van der Waals surface area contributed by atoms with Crippen LogP contribution in [0.4, 0.5) is 4.79 Å². The summed E-state index contributed by atoms with van der Waals surface area (Å²) in [5.41, 5.74) is 1.38. The van der Waals surface area contributed by atoms with Crippen molar-refractivity contribution < 1.29 is 61.9 Å². The summed E-state index contributed by atoms with van der Waals surface area (Å²) in [5, 5.41) is 4.95. The molecule has 2 aromatic carbocycles. The van der Waals surface area contributed by atoms with Crippen LogP contribution in [-0.4, -0.2) is 86.3 Å². The van der Waals surface area contributed by atoms with E-state index in [4.69, 9.17) is 33.2 Å². The number of methoxy groups -OCH3 is 1. The minimum atomic E-state index is -1.55. The Bertz CT molecular complexity index is 1310. The van der Waals surface area contributed by atoms with Crippen LogP contribution in [-0.2, 0) is 70.3 Å². The molecule has 15 heteroatoms. The summed E-state index contributed by atoms with van der Waals surface area (Å²) in [6, 6.07) is 14.7. The highest BCUT2D eigenvalue weighted by molar-refractivity contribution is 5.90. The molecular weight excluding hydrogens is 620 g/mol. The van der Waals surface area contributed by atoms with Crippen molar-refractivity contribution in [3.05, 3.63) is 71.8 Å². The topological polar surface area (TPSA) is 191 Å². The molecule has 254 valence electrons. The lowest BCUT2D eigenvalue weighted by Gasteiger charge is -2.44. The molecule has 0 spiro atoms. The van der Waals surface area contributed by atoms with E-state index in [9.17, 15) is 28.8 Å². The molecule has 0 unspecified atom stereocenters. The molecular formula is C32H38N2O13. The van der Waals surface area contributed by atoms with Crippen LogP contribution in [0.15, 0.2) is 60.7 Å². The van der Waals surface area contributed by atoms with Crippen molar-refractivity contribution in [1.82, 2.24) is 10.6 Å². The molecule has 15 nitrogen and oxygen atoms in total. The first-order valence-electron chi connectivity index (χ1n) is 14.6. The maximum absolute atomic E-state index is 13.7. The zero-order valence-corrected chi connectivity index (χ0v) is 26.4. The number of carbonyl (C=O) groups excluding carboxylic acids is 6. The molecule has 1 fully saturated rings. The van der Waals surface area contributed by atoms with E-state index in [0.717, 1.165) is 20.8 Å². The predicted molar refractivity (Wildman–Crippen MR) is 160 cm³/mol. The summed E-state index contributed by atoms with van der Waals surface area (Å²) in [6.45, 7) is 2.74. The Balaban J connectivity index is 1.84. The van der Waals surface area contributed by atoms with E-state index in [1.54, 1.807) is 60.7 Å². The molecule has 1 aliphatic rings. The average molecular weight is 659 g/mol. The van der Waals surface area contributed by atoms with Crippen molar-refractivity contribution in [2.45, 2.75) is 77.1 Å². The number of nitrogens with one attached hydrogen (secondary N) is 2. The van der Waals surface area contributed by atoms with E-state index in [0.29, 0.717) is 11.1 Å². The van der Waals surface area contributed by atoms with Gasteiger partial charge in [0.15, 0.2) is 18.5 Å². The number of hydrogen-bond donors (Lipinski definition) is 2. The van der Waals surface area contributed by atoms with Gasteiger partial charge in [-0.25, -0.2) is 4.79 Å². The normalized spacial score (nSPS) is 20.9. The molecule has 3 rings (SSSR count). The van der Waals surface area contributed by atoms with E-state index in [2.05, 4.69) is 10.6 Å². The van der Waals surface area contributed by atoms with Gasteiger partial charge in [-0.05, 0) is 11.1 Å². The van der Waals surface area contributed by atoms with Crippen molar-refractivity contribution in [1.29, 1.82) is 0 Å². The Morgan fingerprint density at radius 1 is 0.745 bits per heavy atom. The molecule has 0 aromatic heterocycles. The molecule has 2 N–H and O–H groups in total. The molecule has 1 heterocycles. The second kappa shape index (κ2) is 18.2. The van der Waals surface area contributed by atoms with Crippen LogP contribution < -0.4 is 10.6 Å². The fourth-order valence-corrected chi connectivity index (χ4v) is 4.60.